The first-order valence-corrected chi connectivity index (χ1v) is 3.64. The third-order valence-electron chi connectivity index (χ3n) is 1.67. The number of pyridine rings is 1. The van der Waals surface area contributed by atoms with Crippen molar-refractivity contribution in [3.63, 3.8) is 0 Å². The van der Waals surface area contributed by atoms with E-state index in [1.165, 1.54) is 13.1 Å². The summed E-state index contributed by atoms with van der Waals surface area (Å²) >= 11 is 0. The van der Waals surface area contributed by atoms with Crippen LogP contribution in [-0.4, -0.2) is 21.2 Å². The number of aromatic amines is 1. The van der Waals surface area contributed by atoms with Gasteiger partial charge in [0, 0.05) is 11.8 Å². The minimum absolute atomic E-state index is 0.0515. The lowest BCUT2D eigenvalue weighted by Gasteiger charge is -2.00. The lowest BCUT2D eigenvalue weighted by molar-refractivity contribution is -0.136. The lowest BCUT2D eigenvalue weighted by atomic mass is 10.2. The van der Waals surface area contributed by atoms with E-state index in [1.807, 2.05) is 0 Å². The van der Waals surface area contributed by atoms with Gasteiger partial charge < -0.3 is 15.2 Å². The maximum atomic E-state index is 11.2. The van der Waals surface area contributed by atoms with Crippen LogP contribution < -0.4 is 5.43 Å². The van der Waals surface area contributed by atoms with Crippen LogP contribution in [0, 0.1) is 6.92 Å². The van der Waals surface area contributed by atoms with E-state index >= 15 is 0 Å². The van der Waals surface area contributed by atoms with Crippen molar-refractivity contribution in [2.24, 2.45) is 0 Å². The first-order valence-electron chi connectivity index (χ1n) is 3.64. The molecule has 0 amide bonds. The molecule has 1 aromatic heterocycles. The summed E-state index contributed by atoms with van der Waals surface area (Å²) in [6.45, 7) is 1.53. The van der Waals surface area contributed by atoms with Gasteiger partial charge in [-0.3, -0.25) is 9.59 Å². The second-order valence-electron chi connectivity index (χ2n) is 2.69. The number of H-pyrrole nitrogens is 1. The molecule has 0 saturated heterocycles. The predicted octanol–water partition coefficient (Wildman–Crippen LogP) is 0.0160. The fourth-order valence-electron chi connectivity index (χ4n) is 0.946. The molecule has 0 aliphatic rings. The smallest absolute Gasteiger partial charge is 0.308 e. The Hall–Kier alpha value is -1.78. The Labute approximate surface area is 73.7 Å². The molecular weight excluding hydrogens is 174 g/mol. The molecule has 0 aliphatic heterocycles. The number of hydrogen-bond acceptors (Lipinski definition) is 3. The SMILES string of the molecule is Cc1[nH]cc(CC(=O)O)c(=O)c1O. The van der Waals surface area contributed by atoms with Crippen molar-refractivity contribution >= 4 is 5.97 Å². The molecule has 0 radical (unpaired) electrons. The summed E-state index contributed by atoms with van der Waals surface area (Å²) in [6.07, 6.45) is 0.911. The Bertz CT molecular complexity index is 394. The van der Waals surface area contributed by atoms with Crippen molar-refractivity contribution in [3.05, 3.63) is 27.7 Å². The number of nitrogens with one attached hydrogen (secondary N) is 1. The van der Waals surface area contributed by atoms with Gasteiger partial charge in [-0.1, -0.05) is 0 Å². The van der Waals surface area contributed by atoms with Crippen molar-refractivity contribution in [1.29, 1.82) is 0 Å². The van der Waals surface area contributed by atoms with Gasteiger partial charge in [0.05, 0.1) is 12.1 Å². The van der Waals surface area contributed by atoms with Crippen molar-refractivity contribution in [1.82, 2.24) is 4.98 Å². The maximum absolute atomic E-state index is 11.2. The number of carboxylic acid groups (broad SMARTS) is 1. The van der Waals surface area contributed by atoms with E-state index in [9.17, 15) is 9.59 Å². The van der Waals surface area contributed by atoms with Crippen molar-refractivity contribution in [2.45, 2.75) is 13.3 Å². The minimum Gasteiger partial charge on any atom is -0.503 e. The first-order chi connectivity index (χ1) is 6.02. The molecule has 13 heavy (non-hydrogen) atoms. The van der Waals surface area contributed by atoms with Gasteiger partial charge in [-0.05, 0) is 6.92 Å². The van der Waals surface area contributed by atoms with E-state index in [0.29, 0.717) is 5.69 Å². The van der Waals surface area contributed by atoms with Gasteiger partial charge in [-0.2, -0.15) is 0 Å². The van der Waals surface area contributed by atoms with E-state index in [0.717, 1.165) is 0 Å². The van der Waals surface area contributed by atoms with E-state index in [-0.39, 0.29) is 12.0 Å². The third kappa shape index (κ3) is 1.87. The second-order valence-corrected chi connectivity index (χ2v) is 2.69. The molecule has 1 rings (SSSR count). The van der Waals surface area contributed by atoms with Crippen LogP contribution in [0.1, 0.15) is 11.3 Å². The molecule has 0 saturated carbocycles. The molecule has 1 aromatic rings. The summed E-state index contributed by atoms with van der Waals surface area (Å²) in [5.74, 6) is -1.52. The van der Waals surface area contributed by atoms with E-state index in [2.05, 4.69) is 4.98 Å². The zero-order chi connectivity index (χ0) is 10.0. The van der Waals surface area contributed by atoms with E-state index < -0.39 is 17.1 Å². The Morgan fingerprint density at radius 2 is 2.23 bits per heavy atom. The summed E-state index contributed by atoms with van der Waals surface area (Å²) in [4.78, 5) is 24.1. The molecule has 1 heterocycles. The highest BCUT2D eigenvalue weighted by Gasteiger charge is 2.09. The molecule has 70 valence electrons. The highest BCUT2D eigenvalue weighted by Crippen LogP contribution is 2.07. The van der Waals surface area contributed by atoms with Crippen LogP contribution in [0.25, 0.3) is 0 Å². The third-order valence-corrected chi connectivity index (χ3v) is 1.67. The summed E-state index contributed by atoms with van der Waals surface area (Å²) in [6, 6.07) is 0. The molecular formula is C8H9NO4. The molecule has 5 nitrogen and oxygen atoms in total. The monoisotopic (exact) mass is 183 g/mol. The summed E-state index contributed by atoms with van der Waals surface area (Å²) in [7, 11) is 0. The van der Waals surface area contributed by atoms with Gasteiger partial charge in [0.1, 0.15) is 0 Å². The number of aryl methyl sites for hydroxylation is 1. The Morgan fingerprint density at radius 3 is 2.77 bits per heavy atom. The van der Waals surface area contributed by atoms with Crippen LogP contribution >= 0.6 is 0 Å². The van der Waals surface area contributed by atoms with Crippen molar-refractivity contribution < 1.29 is 15.0 Å². The van der Waals surface area contributed by atoms with Gasteiger partial charge in [-0.15, -0.1) is 0 Å². The quantitative estimate of drug-likeness (QED) is 0.602. The predicted molar refractivity (Wildman–Crippen MR) is 44.8 cm³/mol. The van der Waals surface area contributed by atoms with Crippen LogP contribution in [-0.2, 0) is 11.2 Å². The number of aromatic hydroxyl groups is 1. The normalized spacial score (nSPS) is 9.92. The highest BCUT2D eigenvalue weighted by molar-refractivity contribution is 5.70. The molecule has 0 aliphatic carbocycles. The molecule has 0 atom stereocenters. The van der Waals surface area contributed by atoms with Gasteiger partial charge in [0.25, 0.3) is 0 Å². The fourth-order valence-corrected chi connectivity index (χ4v) is 0.946. The number of rotatable bonds is 2. The molecule has 5 heteroatoms. The van der Waals surface area contributed by atoms with Crippen LogP contribution in [0.4, 0.5) is 0 Å². The maximum Gasteiger partial charge on any atom is 0.308 e. The fraction of sp³-hybridized carbons (Fsp3) is 0.250. The van der Waals surface area contributed by atoms with Crippen LogP contribution in [0.15, 0.2) is 11.0 Å². The molecule has 0 bridgehead atoms. The lowest BCUT2D eigenvalue weighted by Crippen LogP contribution is -2.14. The molecule has 3 N–H and O–H groups in total. The molecule has 0 aromatic carbocycles. The Morgan fingerprint density at radius 1 is 1.62 bits per heavy atom. The second kappa shape index (κ2) is 3.30. The summed E-state index contributed by atoms with van der Waals surface area (Å²) < 4.78 is 0. The number of hydrogen-bond donors (Lipinski definition) is 3. The molecule has 0 fully saturated rings. The zero-order valence-electron chi connectivity index (χ0n) is 7.00. The van der Waals surface area contributed by atoms with Gasteiger partial charge in [-0.25, -0.2) is 0 Å². The van der Waals surface area contributed by atoms with Crippen LogP contribution in [0.2, 0.25) is 0 Å². The number of carbonyl (C=O) groups is 1. The van der Waals surface area contributed by atoms with Crippen LogP contribution in [0.3, 0.4) is 0 Å². The van der Waals surface area contributed by atoms with E-state index in [4.69, 9.17) is 10.2 Å². The standard InChI is InChI=1S/C8H9NO4/c1-4-7(12)8(13)5(3-9-4)2-6(10)11/h3,12H,2H2,1H3,(H,9,13)(H,10,11). The Kier molecular flexibility index (Phi) is 2.36. The summed E-state index contributed by atoms with van der Waals surface area (Å²) in [5, 5.41) is 17.6. The number of carboxylic acids is 1. The average Bonchev–Trinajstić information content (AvgIpc) is 2.06. The van der Waals surface area contributed by atoms with Crippen molar-refractivity contribution in [2.75, 3.05) is 0 Å². The van der Waals surface area contributed by atoms with Crippen LogP contribution in [0.5, 0.6) is 5.75 Å². The van der Waals surface area contributed by atoms with Gasteiger partial charge in [0.2, 0.25) is 5.43 Å². The topological polar surface area (TPSA) is 90.4 Å². The summed E-state index contributed by atoms with van der Waals surface area (Å²) in [5.41, 5.74) is -0.242. The molecule has 0 unspecified atom stereocenters. The average molecular weight is 183 g/mol. The zero-order valence-corrected chi connectivity index (χ0v) is 7.00. The highest BCUT2D eigenvalue weighted by atomic mass is 16.4. The number of aliphatic carboxylic acids is 1. The van der Waals surface area contributed by atoms with E-state index in [1.54, 1.807) is 0 Å². The first kappa shape index (κ1) is 9.31. The van der Waals surface area contributed by atoms with Gasteiger partial charge >= 0.3 is 5.97 Å². The number of aromatic nitrogens is 1. The largest absolute Gasteiger partial charge is 0.503 e. The Balaban J connectivity index is 3.19. The minimum atomic E-state index is -1.10. The van der Waals surface area contributed by atoms with Gasteiger partial charge in [0.15, 0.2) is 5.75 Å². The van der Waals surface area contributed by atoms with Crippen molar-refractivity contribution in [3.8, 4) is 5.75 Å². The molecule has 0 spiro atoms.